The Balaban J connectivity index is 3.24. The average molecular weight is 210 g/mol. The molecule has 84 valence electrons. The largest absolute Gasteiger partial charge is 0.493 e. The molecule has 0 amide bonds. The number of benzene rings is 1. The van der Waals surface area contributed by atoms with Gasteiger partial charge in [-0.25, -0.2) is 0 Å². The molecule has 3 nitrogen and oxygen atoms in total. The Hall–Kier alpha value is -1.38. The SMILES string of the molecule is CCOc1c(OC)ccc(CC)c1OC. The van der Waals surface area contributed by atoms with Gasteiger partial charge in [-0.3, -0.25) is 0 Å². The molecule has 0 unspecified atom stereocenters. The molecule has 0 saturated carbocycles. The molecule has 0 radical (unpaired) electrons. The Labute approximate surface area is 91.0 Å². The molecule has 0 atom stereocenters. The summed E-state index contributed by atoms with van der Waals surface area (Å²) in [6, 6.07) is 3.91. The first-order valence-corrected chi connectivity index (χ1v) is 5.15. The molecule has 1 aromatic carbocycles. The molecule has 1 rings (SSSR count). The Bertz CT molecular complexity index is 321. The second kappa shape index (κ2) is 5.49. The predicted molar refractivity (Wildman–Crippen MR) is 60.1 cm³/mol. The number of ether oxygens (including phenoxy) is 3. The average Bonchev–Trinajstić information content (AvgIpc) is 2.28. The maximum atomic E-state index is 5.54. The fraction of sp³-hybridized carbons (Fsp3) is 0.500. The van der Waals surface area contributed by atoms with E-state index in [2.05, 4.69) is 6.92 Å². The lowest BCUT2D eigenvalue weighted by molar-refractivity contribution is 0.287. The highest BCUT2D eigenvalue weighted by molar-refractivity contribution is 5.55. The fourth-order valence-corrected chi connectivity index (χ4v) is 1.53. The molecule has 1 aromatic rings. The number of rotatable bonds is 5. The third kappa shape index (κ3) is 2.35. The molecular weight excluding hydrogens is 192 g/mol. The predicted octanol–water partition coefficient (Wildman–Crippen LogP) is 2.66. The van der Waals surface area contributed by atoms with Gasteiger partial charge in [0.2, 0.25) is 5.75 Å². The molecule has 15 heavy (non-hydrogen) atoms. The van der Waals surface area contributed by atoms with Gasteiger partial charge < -0.3 is 14.2 Å². The summed E-state index contributed by atoms with van der Waals surface area (Å²) in [4.78, 5) is 0. The summed E-state index contributed by atoms with van der Waals surface area (Å²) in [7, 11) is 3.28. The molecule has 0 aromatic heterocycles. The molecule has 0 N–H and O–H groups in total. The molecule has 0 bridgehead atoms. The normalized spacial score (nSPS) is 9.87. The van der Waals surface area contributed by atoms with Gasteiger partial charge in [0.05, 0.1) is 20.8 Å². The van der Waals surface area contributed by atoms with Crippen LogP contribution in [0.3, 0.4) is 0 Å². The summed E-state index contributed by atoms with van der Waals surface area (Å²) in [5.41, 5.74) is 1.13. The minimum Gasteiger partial charge on any atom is -0.493 e. The van der Waals surface area contributed by atoms with Crippen LogP contribution in [-0.2, 0) is 6.42 Å². The van der Waals surface area contributed by atoms with Gasteiger partial charge in [0.25, 0.3) is 0 Å². The van der Waals surface area contributed by atoms with Gasteiger partial charge >= 0.3 is 0 Å². The lowest BCUT2D eigenvalue weighted by Crippen LogP contribution is -2.00. The highest BCUT2D eigenvalue weighted by atomic mass is 16.5. The van der Waals surface area contributed by atoms with Crippen molar-refractivity contribution in [3.63, 3.8) is 0 Å². The zero-order valence-electron chi connectivity index (χ0n) is 9.79. The van der Waals surface area contributed by atoms with Gasteiger partial charge in [-0.1, -0.05) is 13.0 Å². The van der Waals surface area contributed by atoms with Crippen molar-refractivity contribution in [2.45, 2.75) is 20.3 Å². The summed E-state index contributed by atoms with van der Waals surface area (Å²) < 4.78 is 16.1. The van der Waals surface area contributed by atoms with Gasteiger partial charge in [0, 0.05) is 0 Å². The monoisotopic (exact) mass is 210 g/mol. The van der Waals surface area contributed by atoms with E-state index in [-0.39, 0.29) is 0 Å². The lowest BCUT2D eigenvalue weighted by atomic mass is 10.1. The van der Waals surface area contributed by atoms with E-state index in [4.69, 9.17) is 14.2 Å². The van der Waals surface area contributed by atoms with E-state index < -0.39 is 0 Å². The van der Waals surface area contributed by atoms with Gasteiger partial charge in [-0.05, 0) is 25.0 Å². The number of methoxy groups -OCH3 is 2. The maximum absolute atomic E-state index is 5.54. The summed E-state index contributed by atoms with van der Waals surface area (Å²) >= 11 is 0. The van der Waals surface area contributed by atoms with E-state index in [0.29, 0.717) is 18.1 Å². The minimum atomic E-state index is 0.597. The Morgan fingerprint density at radius 1 is 1.00 bits per heavy atom. The molecule has 0 aliphatic carbocycles. The molecule has 0 spiro atoms. The van der Waals surface area contributed by atoms with Crippen molar-refractivity contribution < 1.29 is 14.2 Å². The first-order chi connectivity index (χ1) is 7.28. The van der Waals surface area contributed by atoms with Gasteiger partial charge in [-0.2, -0.15) is 0 Å². The summed E-state index contributed by atoms with van der Waals surface area (Å²) in [6.07, 6.45) is 0.910. The Morgan fingerprint density at radius 2 is 1.73 bits per heavy atom. The van der Waals surface area contributed by atoms with E-state index in [1.807, 2.05) is 19.1 Å². The van der Waals surface area contributed by atoms with Crippen LogP contribution >= 0.6 is 0 Å². The molecular formula is C12H18O3. The second-order valence-corrected chi connectivity index (χ2v) is 3.08. The van der Waals surface area contributed by atoms with Crippen LogP contribution in [-0.4, -0.2) is 20.8 Å². The topological polar surface area (TPSA) is 27.7 Å². The van der Waals surface area contributed by atoms with Crippen molar-refractivity contribution in [2.24, 2.45) is 0 Å². The van der Waals surface area contributed by atoms with Gasteiger partial charge in [0.1, 0.15) is 0 Å². The Kier molecular flexibility index (Phi) is 4.28. The second-order valence-electron chi connectivity index (χ2n) is 3.08. The standard InChI is InChI=1S/C12H18O3/c1-5-9-7-8-10(13-3)12(15-6-2)11(9)14-4/h7-8H,5-6H2,1-4H3. The third-order valence-electron chi connectivity index (χ3n) is 2.25. The number of hydrogen-bond donors (Lipinski definition) is 0. The molecule has 0 fully saturated rings. The van der Waals surface area contributed by atoms with Crippen molar-refractivity contribution in [2.75, 3.05) is 20.8 Å². The van der Waals surface area contributed by atoms with E-state index in [1.54, 1.807) is 14.2 Å². The van der Waals surface area contributed by atoms with Gasteiger partial charge in [-0.15, -0.1) is 0 Å². The smallest absolute Gasteiger partial charge is 0.203 e. The zero-order chi connectivity index (χ0) is 11.3. The van der Waals surface area contributed by atoms with Crippen LogP contribution in [0, 0.1) is 0 Å². The van der Waals surface area contributed by atoms with Crippen molar-refractivity contribution in [3.05, 3.63) is 17.7 Å². The van der Waals surface area contributed by atoms with Gasteiger partial charge in [0.15, 0.2) is 11.5 Å². The first-order valence-electron chi connectivity index (χ1n) is 5.15. The minimum absolute atomic E-state index is 0.597. The lowest BCUT2D eigenvalue weighted by Gasteiger charge is -2.15. The maximum Gasteiger partial charge on any atom is 0.203 e. The quantitative estimate of drug-likeness (QED) is 0.747. The summed E-state index contributed by atoms with van der Waals surface area (Å²) in [5.74, 6) is 2.19. The van der Waals surface area contributed by atoms with E-state index in [0.717, 1.165) is 17.7 Å². The van der Waals surface area contributed by atoms with Crippen LogP contribution in [0.4, 0.5) is 0 Å². The van der Waals surface area contributed by atoms with Crippen molar-refractivity contribution >= 4 is 0 Å². The molecule has 0 saturated heterocycles. The highest BCUT2D eigenvalue weighted by Gasteiger charge is 2.14. The van der Waals surface area contributed by atoms with Crippen molar-refractivity contribution in [1.29, 1.82) is 0 Å². The summed E-state index contributed by atoms with van der Waals surface area (Å²) in [6.45, 7) is 4.62. The van der Waals surface area contributed by atoms with Crippen LogP contribution in [0.1, 0.15) is 19.4 Å². The van der Waals surface area contributed by atoms with Crippen LogP contribution in [0.15, 0.2) is 12.1 Å². The van der Waals surface area contributed by atoms with Crippen molar-refractivity contribution in [3.8, 4) is 17.2 Å². The number of hydrogen-bond acceptors (Lipinski definition) is 3. The highest BCUT2D eigenvalue weighted by Crippen LogP contribution is 2.40. The summed E-state index contributed by atoms with van der Waals surface area (Å²) in [5, 5.41) is 0. The Morgan fingerprint density at radius 3 is 2.20 bits per heavy atom. The van der Waals surface area contributed by atoms with Crippen LogP contribution in [0.2, 0.25) is 0 Å². The van der Waals surface area contributed by atoms with Crippen LogP contribution in [0.5, 0.6) is 17.2 Å². The molecule has 0 heterocycles. The van der Waals surface area contributed by atoms with E-state index in [9.17, 15) is 0 Å². The zero-order valence-corrected chi connectivity index (χ0v) is 9.79. The molecule has 3 heteroatoms. The van der Waals surface area contributed by atoms with E-state index in [1.165, 1.54) is 0 Å². The molecule has 0 aliphatic rings. The molecule has 0 aliphatic heterocycles. The first kappa shape index (κ1) is 11.7. The van der Waals surface area contributed by atoms with Crippen molar-refractivity contribution in [1.82, 2.24) is 0 Å². The van der Waals surface area contributed by atoms with Crippen LogP contribution in [0.25, 0.3) is 0 Å². The van der Waals surface area contributed by atoms with E-state index >= 15 is 0 Å². The fourth-order valence-electron chi connectivity index (χ4n) is 1.53. The van der Waals surface area contributed by atoms with Crippen LogP contribution < -0.4 is 14.2 Å². The number of aryl methyl sites for hydroxylation is 1. The third-order valence-corrected chi connectivity index (χ3v) is 2.25.